The van der Waals surface area contributed by atoms with Crippen LogP contribution in [0.15, 0.2) is 77.4 Å². The Morgan fingerprint density at radius 2 is 1.68 bits per heavy atom. The largest absolute Gasteiger partial charge is 0.467 e. The molecule has 3 aromatic rings. The van der Waals surface area contributed by atoms with Crippen molar-refractivity contribution < 1.29 is 18.8 Å². The Kier molecular flexibility index (Phi) is 7.42. The van der Waals surface area contributed by atoms with E-state index in [4.69, 9.17) is 4.42 Å². The number of hydrogen-bond acceptors (Lipinski definition) is 4. The van der Waals surface area contributed by atoms with Crippen molar-refractivity contribution in [2.24, 2.45) is 5.92 Å². The number of carbonyl (C=O) groups is 3. The highest BCUT2D eigenvalue weighted by Crippen LogP contribution is 2.24. The molecule has 34 heavy (non-hydrogen) atoms. The number of likely N-dealkylation sites (tertiary alicyclic amines) is 1. The van der Waals surface area contributed by atoms with Gasteiger partial charge in [0.05, 0.1) is 12.8 Å². The third kappa shape index (κ3) is 5.54. The van der Waals surface area contributed by atoms with Crippen molar-refractivity contribution in [3.63, 3.8) is 0 Å². The number of piperidine rings is 1. The fourth-order valence-electron chi connectivity index (χ4n) is 4.33. The lowest BCUT2D eigenvalue weighted by Gasteiger charge is -2.36. The topological polar surface area (TPSA) is 91.7 Å². The molecule has 7 nitrogen and oxygen atoms in total. The molecule has 176 valence electrons. The highest BCUT2D eigenvalue weighted by molar-refractivity contribution is 5.98. The molecule has 7 heteroatoms. The second kappa shape index (κ2) is 10.8. The molecule has 1 aromatic heterocycles. The first-order valence-corrected chi connectivity index (χ1v) is 11.5. The summed E-state index contributed by atoms with van der Waals surface area (Å²) in [5, 5.41) is 5.81. The summed E-state index contributed by atoms with van der Waals surface area (Å²) in [6, 6.07) is 19.2. The molecule has 1 aliphatic rings. The van der Waals surface area contributed by atoms with Crippen LogP contribution in [-0.2, 0) is 11.3 Å². The Morgan fingerprint density at radius 3 is 2.35 bits per heavy atom. The molecule has 1 saturated heterocycles. The second-order valence-corrected chi connectivity index (χ2v) is 8.56. The van der Waals surface area contributed by atoms with Crippen LogP contribution in [0.3, 0.4) is 0 Å². The number of nitrogens with zero attached hydrogens (tertiary/aromatic N) is 1. The molecule has 3 amide bonds. The first-order chi connectivity index (χ1) is 16.5. The molecule has 0 aliphatic carbocycles. The quantitative estimate of drug-likeness (QED) is 0.565. The molecule has 2 N–H and O–H groups in total. The minimum Gasteiger partial charge on any atom is -0.467 e. The van der Waals surface area contributed by atoms with Gasteiger partial charge in [-0.05, 0) is 61.6 Å². The number of benzene rings is 2. The predicted molar refractivity (Wildman–Crippen MR) is 128 cm³/mol. The van der Waals surface area contributed by atoms with Crippen molar-refractivity contribution in [3.05, 3.63) is 95.4 Å². The lowest BCUT2D eigenvalue weighted by Crippen LogP contribution is -2.53. The zero-order valence-corrected chi connectivity index (χ0v) is 19.2. The van der Waals surface area contributed by atoms with Gasteiger partial charge in [0.15, 0.2) is 0 Å². The molecule has 2 heterocycles. The van der Waals surface area contributed by atoms with Gasteiger partial charge < -0.3 is 20.0 Å². The number of amides is 3. The SMILES string of the molecule is Cc1ccccc1C(=O)N1CCC([C@H](NC(=O)c2ccccc2)C(=O)NCc2ccco2)CC1. The number of hydrogen-bond donors (Lipinski definition) is 2. The molecule has 0 unspecified atom stereocenters. The molecule has 1 fully saturated rings. The smallest absolute Gasteiger partial charge is 0.254 e. The van der Waals surface area contributed by atoms with Gasteiger partial charge in [0.1, 0.15) is 11.8 Å². The number of carbonyl (C=O) groups excluding carboxylic acids is 3. The normalized spacial score (nSPS) is 14.9. The van der Waals surface area contributed by atoms with Gasteiger partial charge in [-0.3, -0.25) is 14.4 Å². The van der Waals surface area contributed by atoms with E-state index in [0.717, 1.165) is 5.56 Å². The summed E-state index contributed by atoms with van der Waals surface area (Å²) in [7, 11) is 0. The van der Waals surface area contributed by atoms with Gasteiger partial charge in [0, 0.05) is 24.2 Å². The maximum atomic E-state index is 13.1. The summed E-state index contributed by atoms with van der Waals surface area (Å²) in [6.07, 6.45) is 2.79. The molecule has 1 atom stereocenters. The van der Waals surface area contributed by atoms with Crippen LogP contribution in [0, 0.1) is 12.8 Å². The minimum atomic E-state index is -0.710. The van der Waals surface area contributed by atoms with E-state index < -0.39 is 6.04 Å². The van der Waals surface area contributed by atoms with Gasteiger partial charge in [-0.15, -0.1) is 0 Å². The fourth-order valence-corrected chi connectivity index (χ4v) is 4.33. The van der Waals surface area contributed by atoms with Crippen molar-refractivity contribution in [2.75, 3.05) is 13.1 Å². The molecule has 0 spiro atoms. The number of furan rings is 1. The summed E-state index contributed by atoms with van der Waals surface area (Å²) in [5.41, 5.74) is 2.14. The Bertz CT molecular complexity index is 1120. The third-order valence-corrected chi connectivity index (χ3v) is 6.30. The van der Waals surface area contributed by atoms with E-state index in [0.29, 0.717) is 42.8 Å². The van der Waals surface area contributed by atoms with E-state index >= 15 is 0 Å². The third-order valence-electron chi connectivity index (χ3n) is 6.30. The highest BCUT2D eigenvalue weighted by Gasteiger charge is 2.34. The lowest BCUT2D eigenvalue weighted by atomic mass is 9.88. The molecular weight excluding hydrogens is 430 g/mol. The minimum absolute atomic E-state index is 0.00342. The zero-order chi connectivity index (χ0) is 23.9. The Hall–Kier alpha value is -3.87. The first-order valence-electron chi connectivity index (χ1n) is 11.5. The predicted octanol–water partition coefficient (Wildman–Crippen LogP) is 3.56. The van der Waals surface area contributed by atoms with E-state index in [-0.39, 0.29) is 30.2 Å². The maximum absolute atomic E-state index is 13.1. The van der Waals surface area contributed by atoms with Crippen LogP contribution >= 0.6 is 0 Å². The van der Waals surface area contributed by atoms with E-state index in [1.807, 2.05) is 42.2 Å². The van der Waals surface area contributed by atoms with E-state index in [1.165, 1.54) is 0 Å². The van der Waals surface area contributed by atoms with Crippen LogP contribution in [0.5, 0.6) is 0 Å². The molecule has 4 rings (SSSR count). The molecule has 2 aromatic carbocycles. The summed E-state index contributed by atoms with van der Waals surface area (Å²) >= 11 is 0. The van der Waals surface area contributed by atoms with Crippen LogP contribution in [0.1, 0.15) is 44.9 Å². The zero-order valence-electron chi connectivity index (χ0n) is 19.2. The molecule has 0 radical (unpaired) electrons. The summed E-state index contributed by atoms with van der Waals surface area (Å²) in [5.74, 6) is -0.00413. The number of aryl methyl sites for hydroxylation is 1. The van der Waals surface area contributed by atoms with Gasteiger partial charge in [0.2, 0.25) is 5.91 Å². The van der Waals surface area contributed by atoms with Crippen LogP contribution < -0.4 is 10.6 Å². The van der Waals surface area contributed by atoms with Crippen molar-refractivity contribution in [3.8, 4) is 0 Å². The van der Waals surface area contributed by atoms with Crippen LogP contribution in [-0.4, -0.2) is 41.8 Å². The van der Waals surface area contributed by atoms with Crippen molar-refractivity contribution >= 4 is 17.7 Å². The van der Waals surface area contributed by atoms with Crippen molar-refractivity contribution in [1.82, 2.24) is 15.5 Å². The second-order valence-electron chi connectivity index (χ2n) is 8.56. The first kappa shape index (κ1) is 23.3. The summed E-state index contributed by atoms with van der Waals surface area (Å²) in [4.78, 5) is 40.8. The number of nitrogens with one attached hydrogen (secondary N) is 2. The molecule has 1 aliphatic heterocycles. The van der Waals surface area contributed by atoms with Gasteiger partial charge in [0.25, 0.3) is 11.8 Å². The monoisotopic (exact) mass is 459 g/mol. The molecular formula is C27H29N3O4. The Balaban J connectivity index is 1.44. The van der Waals surface area contributed by atoms with E-state index in [1.54, 1.807) is 42.7 Å². The average molecular weight is 460 g/mol. The van der Waals surface area contributed by atoms with Gasteiger partial charge >= 0.3 is 0 Å². The molecule has 0 bridgehead atoms. The fraction of sp³-hybridized carbons (Fsp3) is 0.296. The van der Waals surface area contributed by atoms with Gasteiger partial charge in [-0.1, -0.05) is 36.4 Å². The van der Waals surface area contributed by atoms with E-state index in [9.17, 15) is 14.4 Å². The van der Waals surface area contributed by atoms with Gasteiger partial charge in [-0.2, -0.15) is 0 Å². The maximum Gasteiger partial charge on any atom is 0.254 e. The van der Waals surface area contributed by atoms with Gasteiger partial charge in [-0.25, -0.2) is 0 Å². The molecule has 0 saturated carbocycles. The van der Waals surface area contributed by atoms with Crippen LogP contribution in [0.25, 0.3) is 0 Å². The van der Waals surface area contributed by atoms with Crippen LogP contribution in [0.4, 0.5) is 0 Å². The Morgan fingerprint density at radius 1 is 0.971 bits per heavy atom. The Labute approximate surface area is 199 Å². The summed E-state index contributed by atoms with van der Waals surface area (Å²) in [6.45, 7) is 3.23. The van der Waals surface area contributed by atoms with Crippen molar-refractivity contribution in [2.45, 2.75) is 32.4 Å². The lowest BCUT2D eigenvalue weighted by molar-refractivity contribution is -0.124. The van der Waals surface area contributed by atoms with Crippen LogP contribution in [0.2, 0.25) is 0 Å². The average Bonchev–Trinajstić information content (AvgIpc) is 3.40. The van der Waals surface area contributed by atoms with E-state index in [2.05, 4.69) is 10.6 Å². The van der Waals surface area contributed by atoms with Crippen molar-refractivity contribution in [1.29, 1.82) is 0 Å². The highest BCUT2D eigenvalue weighted by atomic mass is 16.3. The standard InChI is InChI=1S/C27H29N3O4/c1-19-8-5-6-12-23(19)27(33)30-15-13-20(14-16-30)24(26(32)28-18-22-11-7-17-34-22)29-25(31)21-9-3-2-4-10-21/h2-12,17,20,24H,13-16,18H2,1H3,(H,28,32)(H,29,31)/t24-/m0/s1. The number of rotatable bonds is 7. The summed E-state index contributed by atoms with van der Waals surface area (Å²) < 4.78 is 5.31.